The minimum atomic E-state index is -0.530. The summed E-state index contributed by atoms with van der Waals surface area (Å²) in [5.41, 5.74) is 0.590. The van der Waals surface area contributed by atoms with Crippen LogP contribution >= 0.6 is 24.2 Å². The van der Waals surface area contributed by atoms with Crippen LogP contribution < -0.4 is 0 Å². The predicted molar refractivity (Wildman–Crippen MR) is 75.2 cm³/mol. The zero-order chi connectivity index (χ0) is 13.7. The van der Waals surface area contributed by atoms with Crippen LogP contribution in [0.15, 0.2) is 28.7 Å². The second-order valence-electron chi connectivity index (χ2n) is 3.57. The van der Waals surface area contributed by atoms with E-state index < -0.39 is 5.97 Å². The van der Waals surface area contributed by atoms with E-state index in [2.05, 4.69) is 12.6 Å². The fraction of sp³-hybridized carbons (Fsp3) is 0.308. The summed E-state index contributed by atoms with van der Waals surface area (Å²) in [4.78, 5) is 12.3. The van der Waals surface area contributed by atoms with Crippen LogP contribution in [0.25, 0.3) is 5.76 Å². The standard InChI is InChI=1S/C13H15ClO3S/c1-3-9(13(16)17-4-2)12(15)10-7-8(18)5-6-11(10)14/h5-7,15,18H,3-4H2,1-2H3. The predicted octanol–water partition coefficient (Wildman–Crippen LogP) is 3.87. The summed E-state index contributed by atoms with van der Waals surface area (Å²) in [5.74, 6) is -0.685. The van der Waals surface area contributed by atoms with E-state index in [1.165, 1.54) is 0 Å². The number of carbonyl (C=O) groups is 1. The molecule has 0 heterocycles. The molecule has 1 N–H and O–H groups in total. The van der Waals surface area contributed by atoms with Crippen LogP contribution in [0.2, 0.25) is 5.02 Å². The molecule has 0 radical (unpaired) electrons. The van der Waals surface area contributed by atoms with Gasteiger partial charge in [0, 0.05) is 10.5 Å². The SMILES string of the molecule is CCOC(=O)C(CC)=C(O)c1cc(S)ccc1Cl. The Bertz CT molecular complexity index is 483. The number of aliphatic hydroxyl groups is 1. The lowest BCUT2D eigenvalue weighted by Gasteiger charge is -2.10. The molecule has 0 spiro atoms. The van der Waals surface area contributed by atoms with Gasteiger partial charge in [0.1, 0.15) is 5.76 Å². The molecule has 18 heavy (non-hydrogen) atoms. The van der Waals surface area contributed by atoms with Gasteiger partial charge in [-0.25, -0.2) is 4.79 Å². The molecule has 0 aliphatic rings. The van der Waals surface area contributed by atoms with Crippen LogP contribution in [0.4, 0.5) is 0 Å². The van der Waals surface area contributed by atoms with Crippen LogP contribution in [0.3, 0.4) is 0 Å². The zero-order valence-electron chi connectivity index (χ0n) is 10.2. The molecule has 1 aromatic carbocycles. The molecule has 0 unspecified atom stereocenters. The molecule has 0 fully saturated rings. The van der Waals surface area contributed by atoms with E-state index in [0.29, 0.717) is 21.9 Å². The summed E-state index contributed by atoms with van der Waals surface area (Å²) in [6.45, 7) is 3.74. The fourth-order valence-corrected chi connectivity index (χ4v) is 1.89. The van der Waals surface area contributed by atoms with Crippen molar-refractivity contribution in [3.8, 4) is 0 Å². The molecule has 0 aromatic heterocycles. The van der Waals surface area contributed by atoms with Crippen LogP contribution in [0.5, 0.6) is 0 Å². The van der Waals surface area contributed by atoms with Crippen molar-refractivity contribution in [1.29, 1.82) is 0 Å². The van der Waals surface area contributed by atoms with E-state index in [1.54, 1.807) is 32.0 Å². The number of thiol groups is 1. The van der Waals surface area contributed by atoms with Gasteiger partial charge in [-0.2, -0.15) is 0 Å². The Hall–Kier alpha value is -1.13. The van der Waals surface area contributed by atoms with Crippen molar-refractivity contribution < 1.29 is 14.6 Å². The normalized spacial score (nSPS) is 12.0. The molecule has 5 heteroatoms. The molecule has 0 aliphatic heterocycles. The number of rotatable bonds is 4. The number of hydrogen-bond donors (Lipinski definition) is 2. The Labute approximate surface area is 117 Å². The van der Waals surface area contributed by atoms with Crippen LogP contribution in [0.1, 0.15) is 25.8 Å². The van der Waals surface area contributed by atoms with E-state index in [-0.39, 0.29) is 17.9 Å². The average Bonchev–Trinajstić information content (AvgIpc) is 2.33. The van der Waals surface area contributed by atoms with Crippen molar-refractivity contribution in [2.45, 2.75) is 25.2 Å². The van der Waals surface area contributed by atoms with Gasteiger partial charge in [0.2, 0.25) is 0 Å². The van der Waals surface area contributed by atoms with Gasteiger partial charge >= 0.3 is 5.97 Å². The summed E-state index contributed by atoms with van der Waals surface area (Å²) in [5, 5.41) is 10.5. The van der Waals surface area contributed by atoms with Crippen molar-refractivity contribution in [2.24, 2.45) is 0 Å². The second-order valence-corrected chi connectivity index (χ2v) is 4.49. The highest BCUT2D eigenvalue weighted by Gasteiger charge is 2.17. The number of hydrogen-bond acceptors (Lipinski definition) is 4. The van der Waals surface area contributed by atoms with Crippen molar-refractivity contribution >= 4 is 36.0 Å². The van der Waals surface area contributed by atoms with Gasteiger partial charge in [-0.05, 0) is 31.5 Å². The maximum absolute atomic E-state index is 11.7. The first-order chi connectivity index (χ1) is 8.51. The van der Waals surface area contributed by atoms with Crippen molar-refractivity contribution in [3.05, 3.63) is 34.4 Å². The van der Waals surface area contributed by atoms with E-state index in [1.807, 2.05) is 0 Å². The minimum Gasteiger partial charge on any atom is -0.507 e. The molecule has 0 aliphatic carbocycles. The van der Waals surface area contributed by atoms with Crippen LogP contribution in [-0.2, 0) is 9.53 Å². The molecule has 0 amide bonds. The largest absolute Gasteiger partial charge is 0.507 e. The Morgan fingerprint density at radius 1 is 1.44 bits per heavy atom. The topological polar surface area (TPSA) is 46.5 Å². The number of halogens is 1. The molecule has 0 saturated carbocycles. The van der Waals surface area contributed by atoms with E-state index in [0.717, 1.165) is 0 Å². The summed E-state index contributed by atoms with van der Waals surface area (Å²) < 4.78 is 4.89. The third-order valence-electron chi connectivity index (χ3n) is 2.37. The first-order valence-corrected chi connectivity index (χ1v) is 6.41. The molecule has 0 saturated heterocycles. The number of ether oxygens (including phenoxy) is 1. The molecular formula is C13H15ClO3S. The Morgan fingerprint density at radius 2 is 2.11 bits per heavy atom. The first-order valence-electron chi connectivity index (χ1n) is 5.59. The lowest BCUT2D eigenvalue weighted by molar-refractivity contribution is -0.138. The van der Waals surface area contributed by atoms with Crippen LogP contribution in [-0.4, -0.2) is 17.7 Å². The first kappa shape index (κ1) is 14.9. The summed E-state index contributed by atoms with van der Waals surface area (Å²) in [7, 11) is 0. The van der Waals surface area contributed by atoms with Crippen molar-refractivity contribution in [2.75, 3.05) is 6.61 Å². The maximum Gasteiger partial charge on any atom is 0.337 e. The lowest BCUT2D eigenvalue weighted by Crippen LogP contribution is -2.09. The van der Waals surface area contributed by atoms with E-state index in [9.17, 15) is 9.90 Å². The number of carbonyl (C=O) groups excluding carboxylic acids is 1. The minimum absolute atomic E-state index is 0.156. The molecule has 0 bridgehead atoms. The quantitative estimate of drug-likeness (QED) is 0.382. The van der Waals surface area contributed by atoms with Gasteiger partial charge in [0.05, 0.1) is 17.2 Å². The molecule has 3 nitrogen and oxygen atoms in total. The number of aliphatic hydroxyl groups excluding tert-OH is 1. The Balaban J connectivity index is 3.26. The summed E-state index contributed by atoms with van der Waals surface area (Å²) in [6, 6.07) is 4.93. The van der Waals surface area contributed by atoms with E-state index in [4.69, 9.17) is 16.3 Å². The summed E-state index contributed by atoms with van der Waals surface area (Å²) in [6.07, 6.45) is 0.359. The molecule has 1 rings (SSSR count). The van der Waals surface area contributed by atoms with Gasteiger partial charge in [-0.3, -0.25) is 0 Å². The maximum atomic E-state index is 11.7. The molecule has 1 aromatic rings. The number of benzene rings is 1. The zero-order valence-corrected chi connectivity index (χ0v) is 11.9. The smallest absolute Gasteiger partial charge is 0.337 e. The number of esters is 1. The van der Waals surface area contributed by atoms with Crippen LogP contribution in [0, 0.1) is 0 Å². The molecule has 0 atom stereocenters. The highest BCUT2D eigenvalue weighted by Crippen LogP contribution is 2.28. The molecule has 98 valence electrons. The van der Waals surface area contributed by atoms with Crippen molar-refractivity contribution in [3.63, 3.8) is 0 Å². The van der Waals surface area contributed by atoms with Crippen molar-refractivity contribution in [1.82, 2.24) is 0 Å². The lowest BCUT2D eigenvalue weighted by atomic mass is 10.1. The van der Waals surface area contributed by atoms with Gasteiger partial charge < -0.3 is 9.84 Å². The third-order valence-corrected chi connectivity index (χ3v) is 2.97. The van der Waals surface area contributed by atoms with Gasteiger partial charge in [-0.1, -0.05) is 18.5 Å². The molecular weight excluding hydrogens is 272 g/mol. The Morgan fingerprint density at radius 3 is 2.67 bits per heavy atom. The monoisotopic (exact) mass is 286 g/mol. The third kappa shape index (κ3) is 3.43. The second kappa shape index (κ2) is 6.71. The van der Waals surface area contributed by atoms with E-state index >= 15 is 0 Å². The highest BCUT2D eigenvalue weighted by molar-refractivity contribution is 7.80. The fourth-order valence-electron chi connectivity index (χ4n) is 1.48. The van der Waals surface area contributed by atoms with Gasteiger partial charge in [0.25, 0.3) is 0 Å². The average molecular weight is 287 g/mol. The summed E-state index contributed by atoms with van der Waals surface area (Å²) >= 11 is 10.2. The van der Waals surface area contributed by atoms with Gasteiger partial charge in [-0.15, -0.1) is 12.6 Å². The van der Waals surface area contributed by atoms with Gasteiger partial charge in [0.15, 0.2) is 0 Å². The highest BCUT2D eigenvalue weighted by atomic mass is 35.5. The Kier molecular flexibility index (Phi) is 5.56.